The number of hydrogen-bond donors (Lipinski definition) is 0. The van der Waals surface area contributed by atoms with Crippen LogP contribution in [-0.4, -0.2) is 76.0 Å². The molecule has 4 heterocycles. The summed E-state index contributed by atoms with van der Waals surface area (Å²) < 4.78 is 15.2. The summed E-state index contributed by atoms with van der Waals surface area (Å²) >= 11 is 0. The van der Waals surface area contributed by atoms with Gasteiger partial charge in [0.15, 0.2) is 0 Å². The number of alkyl halides is 1. The van der Waals surface area contributed by atoms with Gasteiger partial charge >= 0.3 is 0 Å². The summed E-state index contributed by atoms with van der Waals surface area (Å²) in [4.78, 5) is 28.3. The van der Waals surface area contributed by atoms with Crippen LogP contribution in [0.25, 0.3) is 11.1 Å². The largest absolute Gasteiger partial charge is 0.367 e. The minimum atomic E-state index is -0.716. The Morgan fingerprint density at radius 2 is 1.66 bits per heavy atom. The van der Waals surface area contributed by atoms with Crippen LogP contribution in [0.1, 0.15) is 24.2 Å². The zero-order valence-electron chi connectivity index (χ0n) is 20.4. The Labute approximate surface area is 205 Å². The van der Waals surface area contributed by atoms with E-state index in [1.807, 2.05) is 54.2 Å². The van der Waals surface area contributed by atoms with E-state index in [0.29, 0.717) is 45.0 Å². The lowest BCUT2D eigenvalue weighted by atomic mass is 10.1. The van der Waals surface area contributed by atoms with Gasteiger partial charge in [0.1, 0.15) is 12.7 Å². The number of rotatable bonds is 5. The summed E-state index contributed by atoms with van der Waals surface area (Å²) in [5.74, 6) is 0.762. The van der Waals surface area contributed by atoms with Crippen LogP contribution in [0, 0.1) is 13.8 Å². The normalized spacial score (nSPS) is 17.2. The van der Waals surface area contributed by atoms with Crippen LogP contribution in [-0.2, 0) is 11.3 Å². The van der Waals surface area contributed by atoms with Gasteiger partial charge in [-0.2, -0.15) is 5.10 Å². The summed E-state index contributed by atoms with van der Waals surface area (Å²) in [5.41, 5.74) is 5.08. The first-order valence-electron chi connectivity index (χ1n) is 12.3. The maximum atomic E-state index is 13.5. The van der Waals surface area contributed by atoms with Gasteiger partial charge in [-0.15, -0.1) is 0 Å². The average Bonchev–Trinajstić information content (AvgIpc) is 3.21. The van der Waals surface area contributed by atoms with Crippen molar-refractivity contribution < 1.29 is 9.18 Å². The van der Waals surface area contributed by atoms with E-state index in [0.717, 1.165) is 41.3 Å². The Kier molecular flexibility index (Phi) is 6.66. The summed E-state index contributed by atoms with van der Waals surface area (Å²) in [6.45, 7) is 8.37. The first kappa shape index (κ1) is 23.3. The van der Waals surface area contributed by atoms with Gasteiger partial charge in [-0.05, 0) is 38.8 Å². The topological polar surface area (TPSA) is 70.4 Å². The lowest BCUT2D eigenvalue weighted by Crippen LogP contribution is -2.49. The number of hydrogen-bond acceptors (Lipinski definition) is 6. The Balaban J connectivity index is 1.24. The molecule has 0 atom stereocenters. The molecule has 2 aliphatic rings. The van der Waals surface area contributed by atoms with Gasteiger partial charge < -0.3 is 14.7 Å². The molecule has 0 unspecified atom stereocenters. The summed E-state index contributed by atoms with van der Waals surface area (Å²) in [7, 11) is 0. The van der Waals surface area contributed by atoms with Crippen molar-refractivity contribution in [1.82, 2.24) is 24.6 Å². The van der Waals surface area contributed by atoms with Gasteiger partial charge in [0.05, 0.1) is 5.69 Å². The molecule has 1 amide bonds. The van der Waals surface area contributed by atoms with E-state index in [-0.39, 0.29) is 12.5 Å². The Morgan fingerprint density at radius 3 is 2.31 bits per heavy atom. The summed E-state index contributed by atoms with van der Waals surface area (Å²) in [5, 5.41) is 4.42. The number of halogens is 1. The highest BCUT2D eigenvalue weighted by Gasteiger charge is 2.24. The number of para-hydroxylation sites is 1. The molecule has 1 aromatic carbocycles. The van der Waals surface area contributed by atoms with Crippen LogP contribution < -0.4 is 9.80 Å². The molecule has 8 nitrogen and oxygen atoms in total. The van der Waals surface area contributed by atoms with Crippen LogP contribution >= 0.6 is 0 Å². The monoisotopic (exact) mass is 477 g/mol. The molecular formula is C26H32FN7O. The Bertz CT molecular complexity index is 1160. The quantitative estimate of drug-likeness (QED) is 0.562. The Morgan fingerprint density at radius 1 is 0.971 bits per heavy atom. The molecule has 2 fully saturated rings. The first-order valence-corrected chi connectivity index (χ1v) is 12.3. The van der Waals surface area contributed by atoms with Gasteiger partial charge in [0.25, 0.3) is 0 Å². The minimum absolute atomic E-state index is 0.102. The fraction of sp³-hybridized carbons (Fsp3) is 0.462. The van der Waals surface area contributed by atoms with Gasteiger partial charge in [-0.3, -0.25) is 9.48 Å². The van der Waals surface area contributed by atoms with Crippen molar-refractivity contribution in [2.45, 2.75) is 39.4 Å². The second kappa shape index (κ2) is 10.0. The third kappa shape index (κ3) is 5.13. The molecule has 5 rings (SSSR count). The number of nitrogens with zero attached hydrogens (tertiary/aromatic N) is 7. The van der Waals surface area contributed by atoms with Crippen molar-refractivity contribution in [2.24, 2.45) is 0 Å². The van der Waals surface area contributed by atoms with Crippen LogP contribution in [0.15, 0.2) is 42.7 Å². The highest BCUT2D eigenvalue weighted by atomic mass is 19.1. The molecule has 0 saturated carbocycles. The number of piperidine rings is 1. The fourth-order valence-electron chi connectivity index (χ4n) is 4.92. The zero-order valence-corrected chi connectivity index (χ0v) is 20.4. The molecule has 3 aromatic rings. The number of piperazine rings is 1. The van der Waals surface area contributed by atoms with E-state index in [1.165, 1.54) is 0 Å². The van der Waals surface area contributed by atoms with E-state index < -0.39 is 6.17 Å². The number of carbonyl (C=O) groups excluding carboxylic acids is 1. The van der Waals surface area contributed by atoms with Crippen LogP contribution in [0.2, 0.25) is 0 Å². The summed E-state index contributed by atoms with van der Waals surface area (Å²) in [6, 6.07) is 10.2. The second-order valence-electron chi connectivity index (χ2n) is 9.40. The van der Waals surface area contributed by atoms with Crippen molar-refractivity contribution >= 4 is 17.5 Å². The third-order valence-electron chi connectivity index (χ3n) is 6.92. The molecule has 0 spiro atoms. The van der Waals surface area contributed by atoms with E-state index >= 15 is 0 Å². The van der Waals surface area contributed by atoms with Crippen molar-refractivity contribution in [2.75, 3.05) is 49.1 Å². The van der Waals surface area contributed by atoms with E-state index in [1.54, 1.807) is 4.68 Å². The zero-order chi connectivity index (χ0) is 24.4. The highest BCUT2D eigenvalue weighted by Crippen LogP contribution is 2.31. The summed E-state index contributed by atoms with van der Waals surface area (Å²) in [6.07, 6.45) is 4.06. The lowest BCUT2D eigenvalue weighted by Gasteiger charge is -2.37. The molecule has 35 heavy (non-hydrogen) atoms. The number of aromatic nitrogens is 4. The molecule has 0 N–H and O–H groups in total. The average molecular weight is 478 g/mol. The molecule has 0 radical (unpaired) electrons. The molecular weight excluding hydrogens is 445 g/mol. The van der Waals surface area contributed by atoms with Crippen LogP contribution in [0.3, 0.4) is 0 Å². The number of aryl methyl sites for hydroxylation is 2. The Hall–Kier alpha value is -3.49. The predicted molar refractivity (Wildman–Crippen MR) is 134 cm³/mol. The van der Waals surface area contributed by atoms with E-state index in [4.69, 9.17) is 0 Å². The van der Waals surface area contributed by atoms with Crippen molar-refractivity contribution in [3.8, 4) is 11.1 Å². The van der Waals surface area contributed by atoms with E-state index in [9.17, 15) is 9.18 Å². The maximum absolute atomic E-state index is 13.5. The number of amides is 1. The van der Waals surface area contributed by atoms with E-state index in [2.05, 4.69) is 32.1 Å². The molecule has 2 aromatic heterocycles. The number of anilines is 2. The number of carbonyl (C=O) groups is 1. The lowest BCUT2D eigenvalue weighted by molar-refractivity contribution is -0.132. The molecule has 2 saturated heterocycles. The van der Waals surface area contributed by atoms with Gasteiger partial charge in [-0.25, -0.2) is 14.4 Å². The standard InChI is InChI=1S/C26H32FN7O/c1-19-15-20(2)34(30-19)18-25(35)32-13-11-31(12-14-32)24-6-4-3-5-23(24)21-16-28-26(29-17-21)33-9-7-22(27)8-10-33/h3-6,15-17,22H,7-14,18H2,1-2H3. The van der Waals surface area contributed by atoms with Crippen LogP contribution in [0.5, 0.6) is 0 Å². The van der Waals surface area contributed by atoms with Gasteiger partial charge in [-0.1, -0.05) is 18.2 Å². The molecule has 9 heteroatoms. The minimum Gasteiger partial charge on any atom is -0.367 e. The fourth-order valence-corrected chi connectivity index (χ4v) is 4.92. The molecule has 184 valence electrons. The molecule has 2 aliphatic heterocycles. The van der Waals surface area contributed by atoms with Gasteiger partial charge in [0.2, 0.25) is 11.9 Å². The third-order valence-corrected chi connectivity index (χ3v) is 6.92. The van der Waals surface area contributed by atoms with Crippen molar-refractivity contribution in [3.63, 3.8) is 0 Å². The second-order valence-corrected chi connectivity index (χ2v) is 9.40. The SMILES string of the molecule is Cc1cc(C)n(CC(=O)N2CCN(c3ccccc3-c3cnc(N4CCC(F)CC4)nc3)CC2)n1. The first-order chi connectivity index (χ1) is 17.0. The molecule has 0 bridgehead atoms. The highest BCUT2D eigenvalue weighted by molar-refractivity contribution is 5.79. The predicted octanol–water partition coefficient (Wildman–Crippen LogP) is 3.24. The smallest absolute Gasteiger partial charge is 0.244 e. The molecule has 0 aliphatic carbocycles. The van der Waals surface area contributed by atoms with Crippen molar-refractivity contribution in [3.05, 3.63) is 54.1 Å². The number of benzene rings is 1. The van der Waals surface area contributed by atoms with Crippen molar-refractivity contribution in [1.29, 1.82) is 0 Å². The van der Waals surface area contributed by atoms with Gasteiger partial charge in [0, 0.05) is 74.2 Å². The maximum Gasteiger partial charge on any atom is 0.244 e. The van der Waals surface area contributed by atoms with Crippen LogP contribution in [0.4, 0.5) is 16.0 Å².